The molecular formula is C18H21N3O4. The number of aromatic nitrogens is 1. The maximum absolute atomic E-state index is 12.6. The van der Waals surface area contributed by atoms with Gasteiger partial charge in [-0.15, -0.1) is 0 Å². The predicted molar refractivity (Wildman–Crippen MR) is 89.5 cm³/mol. The van der Waals surface area contributed by atoms with Crippen LogP contribution in [0.2, 0.25) is 0 Å². The Morgan fingerprint density at radius 3 is 2.88 bits per heavy atom. The number of nitrogens with zero attached hydrogens (tertiary/aromatic N) is 2. The molecule has 1 saturated carbocycles. The lowest BCUT2D eigenvalue weighted by atomic mass is 9.81. The van der Waals surface area contributed by atoms with Crippen molar-refractivity contribution in [3.63, 3.8) is 0 Å². The van der Waals surface area contributed by atoms with Crippen LogP contribution < -0.4 is 5.32 Å². The van der Waals surface area contributed by atoms with Gasteiger partial charge >= 0.3 is 12.0 Å². The molecule has 1 aromatic heterocycles. The molecule has 4 rings (SSSR count). The third-order valence-electron chi connectivity index (χ3n) is 5.91. The number of likely N-dealkylation sites (tertiary alicyclic amines) is 1. The van der Waals surface area contributed by atoms with Crippen LogP contribution in [0.25, 0.3) is 0 Å². The second kappa shape index (κ2) is 5.82. The Bertz CT molecular complexity index is 763. The fourth-order valence-corrected chi connectivity index (χ4v) is 4.55. The molecular weight excluding hydrogens is 322 g/mol. The van der Waals surface area contributed by atoms with Crippen molar-refractivity contribution in [2.45, 2.75) is 38.5 Å². The molecule has 2 amide bonds. The number of nitrogens with one attached hydrogen (secondary N) is 1. The van der Waals surface area contributed by atoms with Gasteiger partial charge in [0.15, 0.2) is 5.78 Å². The maximum Gasteiger partial charge on any atom is 0.323 e. The standard InChI is InChI=1S/C18H21N3O4/c22-14-5-1-4-13-12(14)6-7-15(19-13)20-17(25)21-9-11-3-2-8-18(11,10-21)16(23)24/h6-7,11H,1-5,8-10H2,(H,23,24)(H,19,20,25)/t11-,18+/m0/s1. The Morgan fingerprint density at radius 1 is 1.28 bits per heavy atom. The van der Waals surface area contributed by atoms with E-state index < -0.39 is 11.4 Å². The molecule has 0 bridgehead atoms. The summed E-state index contributed by atoms with van der Waals surface area (Å²) in [5.74, 6) is -0.247. The highest BCUT2D eigenvalue weighted by Gasteiger charge is 2.55. The molecule has 0 radical (unpaired) electrons. The van der Waals surface area contributed by atoms with Gasteiger partial charge in [-0.05, 0) is 43.7 Å². The molecule has 1 saturated heterocycles. The average molecular weight is 343 g/mol. The molecule has 3 aliphatic rings. The Labute approximate surface area is 145 Å². The van der Waals surface area contributed by atoms with Crippen LogP contribution in [0.3, 0.4) is 0 Å². The van der Waals surface area contributed by atoms with E-state index in [1.165, 1.54) is 0 Å². The van der Waals surface area contributed by atoms with E-state index in [0.717, 1.165) is 31.4 Å². The van der Waals surface area contributed by atoms with Crippen molar-refractivity contribution in [2.75, 3.05) is 18.4 Å². The number of Topliss-reactive ketones (excluding diaryl/α,β-unsaturated/α-hetero) is 1. The van der Waals surface area contributed by atoms with Gasteiger partial charge in [0.1, 0.15) is 5.82 Å². The largest absolute Gasteiger partial charge is 0.481 e. The first-order valence-electron chi connectivity index (χ1n) is 8.82. The lowest BCUT2D eigenvalue weighted by molar-refractivity contribution is -0.149. The Kier molecular flexibility index (Phi) is 3.74. The lowest BCUT2D eigenvalue weighted by Gasteiger charge is -2.23. The minimum atomic E-state index is -0.796. The fraction of sp³-hybridized carbons (Fsp3) is 0.556. The van der Waals surface area contributed by atoms with E-state index in [9.17, 15) is 19.5 Å². The van der Waals surface area contributed by atoms with Crippen LogP contribution in [0.4, 0.5) is 10.6 Å². The fourth-order valence-electron chi connectivity index (χ4n) is 4.55. The number of aryl methyl sites for hydroxylation is 1. The average Bonchev–Trinajstić information content (AvgIpc) is 3.13. The highest BCUT2D eigenvalue weighted by Crippen LogP contribution is 2.48. The second-order valence-corrected chi connectivity index (χ2v) is 7.33. The number of fused-ring (bicyclic) bond motifs is 2. The summed E-state index contributed by atoms with van der Waals surface area (Å²) in [7, 11) is 0. The van der Waals surface area contributed by atoms with E-state index in [4.69, 9.17) is 0 Å². The summed E-state index contributed by atoms with van der Waals surface area (Å²) >= 11 is 0. The molecule has 25 heavy (non-hydrogen) atoms. The smallest absolute Gasteiger partial charge is 0.323 e. The summed E-state index contributed by atoms with van der Waals surface area (Å²) in [6.45, 7) is 0.726. The molecule has 2 N–H and O–H groups in total. The van der Waals surface area contributed by atoms with Gasteiger partial charge in [-0.3, -0.25) is 14.9 Å². The maximum atomic E-state index is 12.6. The third-order valence-corrected chi connectivity index (χ3v) is 5.91. The molecule has 2 aliphatic carbocycles. The first-order chi connectivity index (χ1) is 12.0. The highest BCUT2D eigenvalue weighted by atomic mass is 16.4. The van der Waals surface area contributed by atoms with Crippen LogP contribution in [0.15, 0.2) is 12.1 Å². The molecule has 7 nitrogen and oxygen atoms in total. The number of carbonyl (C=O) groups is 3. The van der Waals surface area contributed by atoms with Crippen LogP contribution in [0.5, 0.6) is 0 Å². The van der Waals surface area contributed by atoms with Gasteiger partial charge in [-0.2, -0.15) is 0 Å². The number of ketones is 1. The van der Waals surface area contributed by atoms with Crippen LogP contribution >= 0.6 is 0 Å². The summed E-state index contributed by atoms with van der Waals surface area (Å²) in [5, 5.41) is 12.4. The number of pyridine rings is 1. The summed E-state index contributed by atoms with van der Waals surface area (Å²) < 4.78 is 0. The number of hydrogen-bond acceptors (Lipinski definition) is 4. The van der Waals surface area contributed by atoms with E-state index in [1.54, 1.807) is 17.0 Å². The molecule has 2 fully saturated rings. The Morgan fingerprint density at radius 2 is 2.12 bits per heavy atom. The molecule has 2 atom stereocenters. The van der Waals surface area contributed by atoms with Crippen LogP contribution in [-0.2, 0) is 11.2 Å². The van der Waals surface area contributed by atoms with Crippen LogP contribution in [-0.4, -0.2) is 45.9 Å². The first kappa shape index (κ1) is 16.1. The number of carboxylic acids is 1. The Balaban J connectivity index is 1.48. The van der Waals surface area contributed by atoms with Gasteiger partial charge in [0.05, 0.1) is 11.1 Å². The number of aliphatic carboxylic acids is 1. The Hall–Kier alpha value is -2.44. The van der Waals surface area contributed by atoms with Gasteiger partial charge in [-0.1, -0.05) is 6.42 Å². The molecule has 0 spiro atoms. The minimum absolute atomic E-state index is 0.0323. The van der Waals surface area contributed by atoms with Crippen molar-refractivity contribution in [2.24, 2.45) is 11.3 Å². The van der Waals surface area contributed by atoms with Crippen molar-refractivity contribution >= 4 is 23.6 Å². The van der Waals surface area contributed by atoms with Crippen LogP contribution in [0.1, 0.15) is 48.2 Å². The molecule has 2 heterocycles. The number of urea groups is 1. The number of carbonyl (C=O) groups excluding carboxylic acids is 2. The zero-order valence-corrected chi connectivity index (χ0v) is 14.0. The van der Waals surface area contributed by atoms with E-state index >= 15 is 0 Å². The lowest BCUT2D eigenvalue weighted by Crippen LogP contribution is -2.38. The molecule has 0 unspecified atom stereocenters. The van der Waals surface area contributed by atoms with Gasteiger partial charge in [0.2, 0.25) is 0 Å². The van der Waals surface area contributed by atoms with Gasteiger partial charge in [0.25, 0.3) is 0 Å². The quantitative estimate of drug-likeness (QED) is 0.858. The zero-order chi connectivity index (χ0) is 17.6. The van der Waals surface area contributed by atoms with Gasteiger partial charge < -0.3 is 10.0 Å². The van der Waals surface area contributed by atoms with E-state index in [-0.39, 0.29) is 24.3 Å². The SMILES string of the molecule is O=C1CCCc2nc(NC(=O)N3C[C@@H]4CCC[C@@]4(C(=O)O)C3)ccc21. The molecule has 1 aliphatic heterocycles. The van der Waals surface area contributed by atoms with E-state index in [2.05, 4.69) is 10.3 Å². The topological polar surface area (TPSA) is 99.6 Å². The normalized spacial score (nSPS) is 27.8. The van der Waals surface area contributed by atoms with E-state index in [0.29, 0.717) is 30.8 Å². The first-order valence-corrected chi connectivity index (χ1v) is 8.82. The number of anilines is 1. The highest BCUT2D eigenvalue weighted by molar-refractivity contribution is 5.98. The van der Waals surface area contributed by atoms with Crippen molar-refractivity contribution in [3.8, 4) is 0 Å². The molecule has 7 heteroatoms. The number of hydrogen-bond donors (Lipinski definition) is 2. The number of carboxylic acid groups (broad SMARTS) is 1. The van der Waals surface area contributed by atoms with Crippen LogP contribution in [0, 0.1) is 11.3 Å². The predicted octanol–water partition coefficient (Wildman–Crippen LogP) is 2.32. The van der Waals surface area contributed by atoms with Crippen molar-refractivity contribution in [1.82, 2.24) is 9.88 Å². The monoisotopic (exact) mass is 343 g/mol. The number of amides is 2. The van der Waals surface area contributed by atoms with E-state index in [1.807, 2.05) is 0 Å². The zero-order valence-electron chi connectivity index (χ0n) is 14.0. The van der Waals surface area contributed by atoms with Gasteiger partial charge in [-0.25, -0.2) is 9.78 Å². The molecule has 132 valence electrons. The second-order valence-electron chi connectivity index (χ2n) is 7.33. The summed E-state index contributed by atoms with van der Waals surface area (Å²) in [5.41, 5.74) is 0.590. The summed E-state index contributed by atoms with van der Waals surface area (Å²) in [6, 6.07) is 3.05. The molecule has 1 aromatic rings. The van der Waals surface area contributed by atoms with Crippen molar-refractivity contribution in [3.05, 3.63) is 23.4 Å². The summed E-state index contributed by atoms with van der Waals surface area (Å²) in [4.78, 5) is 42.1. The van der Waals surface area contributed by atoms with Gasteiger partial charge in [0, 0.05) is 25.1 Å². The van der Waals surface area contributed by atoms with Crippen molar-refractivity contribution < 1.29 is 19.5 Å². The third kappa shape index (κ3) is 2.58. The van der Waals surface area contributed by atoms with Crippen molar-refractivity contribution in [1.29, 1.82) is 0 Å². The molecule has 0 aromatic carbocycles. The number of rotatable bonds is 2. The minimum Gasteiger partial charge on any atom is -0.481 e. The summed E-state index contributed by atoms with van der Waals surface area (Å²) in [6.07, 6.45) is 4.47.